The van der Waals surface area contributed by atoms with Crippen molar-refractivity contribution in [1.82, 2.24) is 5.32 Å². The van der Waals surface area contributed by atoms with Crippen LogP contribution in [0, 0.1) is 17.5 Å². The summed E-state index contributed by atoms with van der Waals surface area (Å²) in [7, 11) is 0. The molecule has 0 saturated carbocycles. The molecule has 0 aromatic heterocycles. The van der Waals surface area contributed by atoms with Gasteiger partial charge in [-0.2, -0.15) is 0 Å². The molecule has 1 unspecified atom stereocenters. The summed E-state index contributed by atoms with van der Waals surface area (Å²) in [6.07, 6.45) is 0. The van der Waals surface area contributed by atoms with E-state index >= 15 is 0 Å². The van der Waals surface area contributed by atoms with Crippen LogP contribution in [0.2, 0.25) is 0 Å². The Balaban J connectivity index is 2.48. The number of hydrogen-bond acceptors (Lipinski definition) is 1. The molecule has 1 nitrogen and oxygen atoms in total. The summed E-state index contributed by atoms with van der Waals surface area (Å²) in [5.41, 5.74) is 0.572. The molecule has 2 aromatic carbocycles. The summed E-state index contributed by atoms with van der Waals surface area (Å²) in [6.45, 7) is 2.38. The van der Waals surface area contributed by atoms with Gasteiger partial charge in [-0.25, -0.2) is 13.2 Å². The Kier molecular flexibility index (Phi) is 4.22. The SMILES string of the molecule is CCNC(c1ccc(F)cc1)c1c(F)cccc1F. The van der Waals surface area contributed by atoms with Gasteiger partial charge < -0.3 is 5.32 Å². The van der Waals surface area contributed by atoms with Crippen molar-refractivity contribution in [2.45, 2.75) is 13.0 Å². The molecule has 0 bridgehead atoms. The maximum absolute atomic E-state index is 13.8. The van der Waals surface area contributed by atoms with Crippen LogP contribution in [0.3, 0.4) is 0 Å². The fraction of sp³-hybridized carbons (Fsp3) is 0.200. The first-order chi connectivity index (χ1) is 9.13. The summed E-state index contributed by atoms with van der Waals surface area (Å²) in [5, 5.41) is 3.01. The third-order valence-corrected chi connectivity index (χ3v) is 2.90. The highest BCUT2D eigenvalue weighted by Crippen LogP contribution is 2.27. The van der Waals surface area contributed by atoms with Crippen molar-refractivity contribution < 1.29 is 13.2 Å². The zero-order valence-electron chi connectivity index (χ0n) is 10.5. The molecular formula is C15H14F3N. The van der Waals surface area contributed by atoms with Crippen molar-refractivity contribution in [2.75, 3.05) is 6.54 Å². The lowest BCUT2D eigenvalue weighted by Crippen LogP contribution is -2.24. The summed E-state index contributed by atoms with van der Waals surface area (Å²) in [4.78, 5) is 0. The van der Waals surface area contributed by atoms with Gasteiger partial charge in [0.05, 0.1) is 6.04 Å². The van der Waals surface area contributed by atoms with Crippen LogP contribution in [0.1, 0.15) is 24.1 Å². The average Bonchev–Trinajstić information content (AvgIpc) is 2.38. The molecule has 2 rings (SSSR count). The molecule has 0 aliphatic heterocycles. The summed E-state index contributed by atoms with van der Waals surface area (Å²) >= 11 is 0. The van der Waals surface area contributed by atoms with Gasteiger partial charge in [-0.15, -0.1) is 0 Å². The fourth-order valence-corrected chi connectivity index (χ4v) is 2.03. The quantitative estimate of drug-likeness (QED) is 0.886. The largest absolute Gasteiger partial charge is 0.306 e. The van der Waals surface area contributed by atoms with E-state index in [1.165, 1.54) is 42.5 Å². The van der Waals surface area contributed by atoms with Gasteiger partial charge in [-0.1, -0.05) is 25.1 Å². The fourth-order valence-electron chi connectivity index (χ4n) is 2.03. The Labute approximate surface area is 110 Å². The predicted molar refractivity (Wildman–Crippen MR) is 68.3 cm³/mol. The molecule has 2 aromatic rings. The molecule has 100 valence electrons. The Morgan fingerprint density at radius 3 is 2.05 bits per heavy atom. The summed E-state index contributed by atoms with van der Waals surface area (Å²) in [5.74, 6) is -1.61. The van der Waals surface area contributed by atoms with Crippen molar-refractivity contribution >= 4 is 0 Å². The van der Waals surface area contributed by atoms with E-state index in [1.807, 2.05) is 6.92 Å². The van der Waals surface area contributed by atoms with Crippen molar-refractivity contribution in [3.8, 4) is 0 Å². The molecule has 0 saturated heterocycles. The van der Waals surface area contributed by atoms with E-state index in [4.69, 9.17) is 0 Å². The topological polar surface area (TPSA) is 12.0 Å². The van der Waals surface area contributed by atoms with Gasteiger partial charge in [-0.05, 0) is 36.4 Å². The molecule has 0 heterocycles. The highest BCUT2D eigenvalue weighted by molar-refractivity contribution is 5.33. The first-order valence-electron chi connectivity index (χ1n) is 6.06. The van der Waals surface area contributed by atoms with Crippen LogP contribution < -0.4 is 5.32 Å². The lowest BCUT2D eigenvalue weighted by atomic mass is 9.97. The Morgan fingerprint density at radius 2 is 1.53 bits per heavy atom. The molecule has 0 fully saturated rings. The van der Waals surface area contributed by atoms with Gasteiger partial charge in [0.2, 0.25) is 0 Å². The molecule has 0 aliphatic rings. The molecule has 0 amide bonds. The van der Waals surface area contributed by atoms with Crippen LogP contribution in [0.25, 0.3) is 0 Å². The van der Waals surface area contributed by atoms with E-state index in [9.17, 15) is 13.2 Å². The number of hydrogen-bond donors (Lipinski definition) is 1. The zero-order chi connectivity index (χ0) is 13.8. The zero-order valence-corrected chi connectivity index (χ0v) is 10.5. The van der Waals surface area contributed by atoms with Gasteiger partial charge in [0.1, 0.15) is 17.5 Å². The average molecular weight is 265 g/mol. The third-order valence-electron chi connectivity index (χ3n) is 2.90. The van der Waals surface area contributed by atoms with Crippen molar-refractivity contribution in [2.24, 2.45) is 0 Å². The van der Waals surface area contributed by atoms with Crippen LogP contribution in [0.5, 0.6) is 0 Å². The van der Waals surface area contributed by atoms with Crippen LogP contribution in [0.15, 0.2) is 42.5 Å². The first-order valence-corrected chi connectivity index (χ1v) is 6.06. The second-order valence-corrected chi connectivity index (χ2v) is 4.18. The van der Waals surface area contributed by atoms with Crippen molar-refractivity contribution in [1.29, 1.82) is 0 Å². The van der Waals surface area contributed by atoms with Crippen molar-refractivity contribution in [3.63, 3.8) is 0 Å². The lowest BCUT2D eigenvalue weighted by molar-refractivity contribution is 0.510. The molecule has 1 N–H and O–H groups in total. The van der Waals surface area contributed by atoms with Gasteiger partial charge in [0.15, 0.2) is 0 Å². The van der Waals surface area contributed by atoms with Gasteiger partial charge >= 0.3 is 0 Å². The highest BCUT2D eigenvalue weighted by Gasteiger charge is 2.20. The van der Waals surface area contributed by atoms with Crippen LogP contribution in [-0.4, -0.2) is 6.54 Å². The normalized spacial score (nSPS) is 12.4. The number of halogens is 3. The van der Waals surface area contributed by atoms with Gasteiger partial charge in [0, 0.05) is 5.56 Å². The monoisotopic (exact) mass is 265 g/mol. The number of benzene rings is 2. The van der Waals surface area contributed by atoms with Crippen LogP contribution in [0.4, 0.5) is 13.2 Å². The van der Waals surface area contributed by atoms with Crippen LogP contribution >= 0.6 is 0 Å². The maximum atomic E-state index is 13.8. The third kappa shape index (κ3) is 2.96. The smallest absolute Gasteiger partial charge is 0.131 e. The van der Waals surface area contributed by atoms with E-state index < -0.39 is 17.7 Å². The molecule has 1 atom stereocenters. The maximum Gasteiger partial charge on any atom is 0.131 e. The Morgan fingerprint density at radius 1 is 0.947 bits per heavy atom. The van der Waals surface area contributed by atoms with Gasteiger partial charge in [-0.3, -0.25) is 0 Å². The second-order valence-electron chi connectivity index (χ2n) is 4.18. The Bertz CT molecular complexity index is 532. The summed E-state index contributed by atoms with van der Waals surface area (Å²) in [6, 6.07) is 8.71. The molecule has 0 radical (unpaired) electrons. The van der Waals surface area contributed by atoms with E-state index in [-0.39, 0.29) is 11.4 Å². The van der Waals surface area contributed by atoms with E-state index in [0.717, 1.165) is 0 Å². The standard InChI is InChI=1S/C15H14F3N/c1-2-19-15(10-6-8-11(16)9-7-10)14-12(17)4-3-5-13(14)18/h3-9,15,19H,2H2,1H3. The molecule has 0 aliphatic carbocycles. The van der Waals surface area contributed by atoms with Crippen LogP contribution in [-0.2, 0) is 0 Å². The second kappa shape index (κ2) is 5.89. The summed E-state index contributed by atoms with van der Waals surface area (Å²) < 4.78 is 40.6. The number of rotatable bonds is 4. The minimum absolute atomic E-state index is 0.0454. The molecular weight excluding hydrogens is 251 g/mol. The van der Waals surface area contributed by atoms with E-state index in [0.29, 0.717) is 12.1 Å². The first kappa shape index (κ1) is 13.6. The molecule has 19 heavy (non-hydrogen) atoms. The van der Waals surface area contributed by atoms with Gasteiger partial charge in [0.25, 0.3) is 0 Å². The molecule has 0 spiro atoms. The Hall–Kier alpha value is -1.81. The van der Waals surface area contributed by atoms with E-state index in [2.05, 4.69) is 5.32 Å². The van der Waals surface area contributed by atoms with E-state index in [1.54, 1.807) is 0 Å². The lowest BCUT2D eigenvalue weighted by Gasteiger charge is -2.20. The van der Waals surface area contributed by atoms with Crippen molar-refractivity contribution in [3.05, 3.63) is 71.0 Å². The highest BCUT2D eigenvalue weighted by atomic mass is 19.1. The minimum atomic E-state index is -0.633. The predicted octanol–water partition coefficient (Wildman–Crippen LogP) is 3.80. The minimum Gasteiger partial charge on any atom is -0.306 e. The molecule has 4 heteroatoms. The number of nitrogens with one attached hydrogen (secondary N) is 1.